The number of nitrogens with zero attached hydrogens (tertiary/aromatic N) is 6. The van der Waals surface area contributed by atoms with Gasteiger partial charge in [-0.25, -0.2) is 4.68 Å². The molecule has 1 fully saturated rings. The second-order valence-electron chi connectivity index (χ2n) is 6.74. The normalized spacial score (nSPS) is 16.9. The lowest BCUT2D eigenvalue weighted by molar-refractivity contribution is -0.141. The molecule has 150 valence electrons. The Morgan fingerprint density at radius 1 is 1.03 bits per heavy atom. The molecule has 1 unspecified atom stereocenters. The molecule has 1 saturated heterocycles. The van der Waals surface area contributed by atoms with Crippen LogP contribution >= 0.6 is 0 Å². The van der Waals surface area contributed by atoms with Crippen LogP contribution in [0.15, 0.2) is 53.6 Å². The molecule has 7 nitrogen and oxygen atoms in total. The summed E-state index contributed by atoms with van der Waals surface area (Å²) in [4.78, 5) is 18.2. The topological polar surface area (TPSA) is 76.8 Å². The summed E-state index contributed by atoms with van der Waals surface area (Å²) < 4.78 is 39.5. The van der Waals surface area contributed by atoms with Crippen molar-refractivity contribution >= 4 is 5.82 Å². The predicted molar refractivity (Wildman–Crippen MR) is 99.1 cm³/mol. The van der Waals surface area contributed by atoms with Crippen LogP contribution in [-0.2, 0) is 12.7 Å². The molecule has 29 heavy (non-hydrogen) atoms. The van der Waals surface area contributed by atoms with Crippen LogP contribution < -0.4 is 10.5 Å². The zero-order valence-electron chi connectivity index (χ0n) is 15.3. The van der Waals surface area contributed by atoms with Gasteiger partial charge in [0.25, 0.3) is 5.56 Å². The van der Waals surface area contributed by atoms with Crippen LogP contribution in [0.4, 0.5) is 19.0 Å². The molecule has 0 aromatic carbocycles. The van der Waals surface area contributed by atoms with E-state index in [1.165, 1.54) is 16.8 Å². The molecule has 1 aliphatic rings. The minimum atomic E-state index is -4.53. The van der Waals surface area contributed by atoms with Crippen molar-refractivity contribution < 1.29 is 13.2 Å². The lowest BCUT2D eigenvalue weighted by Crippen LogP contribution is -2.37. The zero-order valence-corrected chi connectivity index (χ0v) is 15.3. The van der Waals surface area contributed by atoms with Crippen LogP contribution in [0.25, 0.3) is 11.3 Å². The van der Waals surface area contributed by atoms with E-state index in [0.29, 0.717) is 24.6 Å². The maximum absolute atomic E-state index is 12.7. The smallest absolute Gasteiger partial charge is 0.350 e. The fourth-order valence-corrected chi connectivity index (χ4v) is 3.41. The number of hydrogen-bond acceptors (Lipinski definition) is 6. The molecule has 0 bridgehead atoms. The molecule has 0 amide bonds. The van der Waals surface area contributed by atoms with Crippen LogP contribution in [0, 0.1) is 0 Å². The van der Waals surface area contributed by atoms with Crippen molar-refractivity contribution in [2.75, 3.05) is 11.4 Å². The quantitative estimate of drug-likeness (QED) is 0.668. The Bertz CT molecular complexity index is 1040. The summed E-state index contributed by atoms with van der Waals surface area (Å²) >= 11 is 0. The number of alkyl halides is 3. The minimum absolute atomic E-state index is 0.112. The van der Waals surface area contributed by atoms with Gasteiger partial charge in [-0.15, -0.1) is 10.2 Å². The fraction of sp³-hybridized carbons (Fsp3) is 0.316. The molecule has 4 rings (SSSR count). The van der Waals surface area contributed by atoms with Crippen molar-refractivity contribution in [1.82, 2.24) is 25.0 Å². The third kappa shape index (κ3) is 4.10. The summed E-state index contributed by atoms with van der Waals surface area (Å²) in [6.07, 6.45) is 0.381. The van der Waals surface area contributed by atoms with Gasteiger partial charge >= 0.3 is 6.18 Å². The maximum atomic E-state index is 12.7. The Balaban J connectivity index is 1.57. The van der Waals surface area contributed by atoms with Gasteiger partial charge in [0.15, 0.2) is 11.5 Å². The largest absolute Gasteiger partial charge is 0.435 e. The summed E-state index contributed by atoms with van der Waals surface area (Å²) in [7, 11) is 0. The number of aromatic nitrogens is 5. The molecule has 0 radical (unpaired) electrons. The first-order chi connectivity index (χ1) is 13.9. The molecular formula is C19H17F3N6O. The Morgan fingerprint density at radius 3 is 2.52 bits per heavy atom. The lowest BCUT2D eigenvalue weighted by atomic mass is 10.2. The molecule has 1 atom stereocenters. The molecule has 3 aromatic rings. The van der Waals surface area contributed by atoms with Gasteiger partial charge in [0.2, 0.25) is 0 Å². The van der Waals surface area contributed by atoms with Gasteiger partial charge in [0, 0.05) is 30.6 Å². The van der Waals surface area contributed by atoms with Crippen LogP contribution in [0.2, 0.25) is 0 Å². The molecule has 0 N–H and O–H groups in total. The molecule has 4 heterocycles. The van der Waals surface area contributed by atoms with Crippen molar-refractivity contribution in [2.45, 2.75) is 31.6 Å². The standard InChI is InChI=1S/C19H17F3N6O/c20-19(21,22)16-4-5-17(25-24-16)27-11-1-2-14(27)12-28-18(29)6-3-15(26-28)13-7-9-23-10-8-13/h3-10,14H,1-2,11-12H2. The van der Waals surface area contributed by atoms with Gasteiger partial charge < -0.3 is 4.90 Å². The van der Waals surface area contributed by atoms with E-state index in [0.717, 1.165) is 24.5 Å². The third-order valence-electron chi connectivity index (χ3n) is 4.84. The van der Waals surface area contributed by atoms with Gasteiger partial charge in [-0.1, -0.05) is 0 Å². The van der Waals surface area contributed by atoms with Gasteiger partial charge in [-0.2, -0.15) is 18.3 Å². The molecule has 10 heteroatoms. The lowest BCUT2D eigenvalue weighted by Gasteiger charge is -2.25. The van der Waals surface area contributed by atoms with Crippen LogP contribution in [0.1, 0.15) is 18.5 Å². The number of rotatable bonds is 4. The number of pyridine rings is 1. The van der Waals surface area contributed by atoms with Gasteiger partial charge in [0.05, 0.1) is 18.3 Å². The van der Waals surface area contributed by atoms with Crippen LogP contribution in [0.5, 0.6) is 0 Å². The Hall–Kier alpha value is -3.30. The first-order valence-electron chi connectivity index (χ1n) is 9.08. The van der Waals surface area contributed by atoms with Gasteiger partial charge in [-0.05, 0) is 43.2 Å². The summed E-state index contributed by atoms with van der Waals surface area (Å²) in [6, 6.07) is 8.85. The van der Waals surface area contributed by atoms with Crippen molar-refractivity contribution in [1.29, 1.82) is 0 Å². The Morgan fingerprint density at radius 2 is 1.83 bits per heavy atom. The molecule has 3 aromatic heterocycles. The fourth-order valence-electron chi connectivity index (χ4n) is 3.41. The van der Waals surface area contributed by atoms with Gasteiger partial charge in [0.1, 0.15) is 0 Å². The zero-order chi connectivity index (χ0) is 20.4. The summed E-state index contributed by atoms with van der Waals surface area (Å²) in [5.74, 6) is 0.360. The second-order valence-corrected chi connectivity index (χ2v) is 6.74. The highest BCUT2D eigenvalue weighted by Crippen LogP contribution is 2.29. The van der Waals surface area contributed by atoms with Crippen LogP contribution in [-0.4, -0.2) is 37.5 Å². The summed E-state index contributed by atoms with van der Waals surface area (Å²) in [5.41, 5.74) is 0.213. The number of hydrogen-bond donors (Lipinski definition) is 0. The van der Waals surface area contributed by atoms with E-state index in [9.17, 15) is 18.0 Å². The van der Waals surface area contributed by atoms with E-state index in [4.69, 9.17) is 0 Å². The summed E-state index contributed by atoms with van der Waals surface area (Å²) in [5, 5.41) is 11.5. The molecule has 0 aliphatic carbocycles. The van der Waals surface area contributed by atoms with Crippen molar-refractivity contribution in [2.24, 2.45) is 0 Å². The molecule has 0 saturated carbocycles. The van der Waals surface area contributed by atoms with E-state index in [2.05, 4.69) is 20.3 Å². The minimum Gasteiger partial charge on any atom is -0.350 e. The summed E-state index contributed by atoms with van der Waals surface area (Å²) in [6.45, 7) is 0.934. The SMILES string of the molecule is O=c1ccc(-c2ccncc2)nn1CC1CCCN1c1ccc(C(F)(F)F)nn1. The number of halogens is 3. The first kappa shape index (κ1) is 19.0. The van der Waals surface area contributed by atoms with E-state index >= 15 is 0 Å². The average molecular weight is 402 g/mol. The Kier molecular flexibility index (Phi) is 4.99. The van der Waals surface area contributed by atoms with E-state index < -0.39 is 11.9 Å². The van der Waals surface area contributed by atoms with Crippen molar-refractivity contribution in [3.05, 3.63) is 64.8 Å². The average Bonchev–Trinajstić information content (AvgIpc) is 3.18. The predicted octanol–water partition coefficient (Wildman–Crippen LogP) is 2.78. The van der Waals surface area contributed by atoms with E-state index in [-0.39, 0.29) is 11.6 Å². The maximum Gasteiger partial charge on any atom is 0.435 e. The van der Waals surface area contributed by atoms with Crippen molar-refractivity contribution in [3.8, 4) is 11.3 Å². The first-order valence-corrected chi connectivity index (χ1v) is 9.08. The molecule has 1 aliphatic heterocycles. The highest BCUT2D eigenvalue weighted by atomic mass is 19.4. The molecule has 0 spiro atoms. The Labute approximate surface area is 163 Å². The highest BCUT2D eigenvalue weighted by molar-refractivity contribution is 5.57. The number of anilines is 1. The van der Waals surface area contributed by atoms with Crippen LogP contribution in [0.3, 0.4) is 0 Å². The van der Waals surface area contributed by atoms with E-state index in [1.807, 2.05) is 4.90 Å². The molecular weight excluding hydrogens is 385 g/mol. The van der Waals surface area contributed by atoms with Gasteiger partial charge in [-0.3, -0.25) is 9.78 Å². The van der Waals surface area contributed by atoms with E-state index in [1.54, 1.807) is 30.6 Å². The monoisotopic (exact) mass is 402 g/mol. The highest BCUT2D eigenvalue weighted by Gasteiger charge is 2.34. The second kappa shape index (κ2) is 7.61. The van der Waals surface area contributed by atoms with Crippen molar-refractivity contribution in [3.63, 3.8) is 0 Å². The third-order valence-corrected chi connectivity index (χ3v) is 4.84.